The van der Waals surface area contributed by atoms with Crippen molar-refractivity contribution in [3.05, 3.63) is 0 Å². The molecule has 0 saturated carbocycles. The molecule has 104 valence electrons. The highest BCUT2D eigenvalue weighted by Crippen LogP contribution is 2.39. The first-order valence-corrected chi connectivity index (χ1v) is 6.03. The SMILES string of the molecule is COC[C@H]1O[C@@H](CC(=O)OC)C2OC(C)(C)O[C@@H]21. The number of rotatable bonds is 4. The van der Waals surface area contributed by atoms with E-state index in [1.807, 2.05) is 13.8 Å². The molecule has 6 heteroatoms. The second-order valence-corrected chi connectivity index (χ2v) is 5.01. The summed E-state index contributed by atoms with van der Waals surface area (Å²) >= 11 is 0. The smallest absolute Gasteiger partial charge is 0.308 e. The molecule has 2 heterocycles. The number of fused-ring (bicyclic) bond motifs is 1. The number of hydrogen-bond donors (Lipinski definition) is 0. The van der Waals surface area contributed by atoms with Crippen LogP contribution in [-0.2, 0) is 28.5 Å². The van der Waals surface area contributed by atoms with Gasteiger partial charge in [0.15, 0.2) is 5.79 Å². The Hall–Kier alpha value is -0.690. The van der Waals surface area contributed by atoms with Gasteiger partial charge in [0.05, 0.1) is 26.2 Å². The van der Waals surface area contributed by atoms with Gasteiger partial charge in [0.25, 0.3) is 0 Å². The molecule has 0 bridgehead atoms. The van der Waals surface area contributed by atoms with Gasteiger partial charge in [-0.1, -0.05) is 0 Å². The fraction of sp³-hybridized carbons (Fsp3) is 0.917. The molecule has 0 aliphatic carbocycles. The van der Waals surface area contributed by atoms with Crippen LogP contribution in [0.1, 0.15) is 20.3 Å². The van der Waals surface area contributed by atoms with E-state index in [2.05, 4.69) is 4.74 Å². The summed E-state index contributed by atoms with van der Waals surface area (Å²) in [6.07, 6.45) is -0.841. The molecule has 6 nitrogen and oxygen atoms in total. The van der Waals surface area contributed by atoms with Crippen molar-refractivity contribution < 1.29 is 28.5 Å². The third kappa shape index (κ3) is 2.66. The molecule has 0 N–H and O–H groups in total. The van der Waals surface area contributed by atoms with Crippen LogP contribution in [0, 0.1) is 0 Å². The Kier molecular flexibility index (Phi) is 3.91. The summed E-state index contributed by atoms with van der Waals surface area (Å²) in [5, 5.41) is 0. The van der Waals surface area contributed by atoms with Crippen LogP contribution in [-0.4, -0.2) is 57.0 Å². The van der Waals surface area contributed by atoms with Gasteiger partial charge in [-0.25, -0.2) is 0 Å². The minimum atomic E-state index is -0.653. The Bertz CT molecular complexity index is 316. The van der Waals surface area contributed by atoms with Gasteiger partial charge in [0, 0.05) is 7.11 Å². The highest BCUT2D eigenvalue weighted by molar-refractivity contribution is 5.70. The van der Waals surface area contributed by atoms with Crippen molar-refractivity contribution in [2.45, 2.75) is 50.5 Å². The summed E-state index contributed by atoms with van der Waals surface area (Å²) < 4.78 is 27.1. The van der Waals surface area contributed by atoms with Crippen LogP contribution < -0.4 is 0 Å². The lowest BCUT2D eigenvalue weighted by Crippen LogP contribution is -2.32. The van der Waals surface area contributed by atoms with Gasteiger partial charge in [-0.15, -0.1) is 0 Å². The van der Waals surface area contributed by atoms with Gasteiger partial charge in [-0.2, -0.15) is 0 Å². The van der Waals surface area contributed by atoms with E-state index in [0.29, 0.717) is 6.61 Å². The van der Waals surface area contributed by atoms with Crippen molar-refractivity contribution in [2.24, 2.45) is 0 Å². The number of carbonyl (C=O) groups is 1. The zero-order chi connectivity index (χ0) is 13.3. The van der Waals surface area contributed by atoms with Crippen LogP contribution in [0.25, 0.3) is 0 Å². The average molecular weight is 260 g/mol. The summed E-state index contributed by atoms with van der Waals surface area (Å²) in [6, 6.07) is 0. The van der Waals surface area contributed by atoms with E-state index in [0.717, 1.165) is 0 Å². The zero-order valence-corrected chi connectivity index (χ0v) is 11.2. The molecule has 0 radical (unpaired) electrons. The lowest BCUT2D eigenvalue weighted by molar-refractivity contribution is -0.193. The topological polar surface area (TPSA) is 63.2 Å². The second-order valence-electron chi connectivity index (χ2n) is 5.01. The van der Waals surface area contributed by atoms with E-state index in [-0.39, 0.29) is 36.8 Å². The van der Waals surface area contributed by atoms with Gasteiger partial charge in [0.2, 0.25) is 0 Å². The first-order valence-electron chi connectivity index (χ1n) is 6.03. The predicted octanol–water partition coefficient (Wildman–Crippen LogP) is 0.483. The van der Waals surface area contributed by atoms with E-state index >= 15 is 0 Å². The van der Waals surface area contributed by atoms with E-state index in [9.17, 15) is 4.79 Å². The highest BCUT2D eigenvalue weighted by Gasteiger charge is 2.55. The third-order valence-corrected chi connectivity index (χ3v) is 3.17. The Morgan fingerprint density at radius 3 is 2.33 bits per heavy atom. The Balaban J connectivity index is 2.06. The van der Waals surface area contributed by atoms with Gasteiger partial charge in [-0.3, -0.25) is 4.79 Å². The Labute approximate surface area is 106 Å². The van der Waals surface area contributed by atoms with Crippen LogP contribution in [0.5, 0.6) is 0 Å². The van der Waals surface area contributed by atoms with Crippen molar-refractivity contribution in [1.82, 2.24) is 0 Å². The molecule has 0 amide bonds. The second kappa shape index (κ2) is 5.13. The minimum Gasteiger partial charge on any atom is -0.469 e. The molecular formula is C12H20O6. The maximum absolute atomic E-state index is 11.4. The van der Waals surface area contributed by atoms with Crippen molar-refractivity contribution in [3.8, 4) is 0 Å². The van der Waals surface area contributed by atoms with Crippen molar-refractivity contribution in [2.75, 3.05) is 20.8 Å². The summed E-state index contributed by atoms with van der Waals surface area (Å²) in [5.41, 5.74) is 0. The molecule has 0 aromatic rings. The molecule has 2 rings (SSSR count). The first-order chi connectivity index (χ1) is 8.46. The highest BCUT2D eigenvalue weighted by atomic mass is 16.8. The van der Waals surface area contributed by atoms with Crippen molar-refractivity contribution in [3.63, 3.8) is 0 Å². The molecule has 2 saturated heterocycles. The molecule has 18 heavy (non-hydrogen) atoms. The molecule has 0 aromatic heterocycles. The Morgan fingerprint density at radius 2 is 1.78 bits per heavy atom. The fourth-order valence-electron chi connectivity index (χ4n) is 2.48. The largest absolute Gasteiger partial charge is 0.469 e. The van der Waals surface area contributed by atoms with Crippen molar-refractivity contribution >= 4 is 5.97 Å². The summed E-state index contributed by atoms with van der Waals surface area (Å²) in [4.78, 5) is 11.4. The van der Waals surface area contributed by atoms with Crippen LogP contribution in [0.15, 0.2) is 0 Å². The number of hydrogen-bond acceptors (Lipinski definition) is 6. The van der Waals surface area contributed by atoms with Crippen LogP contribution in [0.2, 0.25) is 0 Å². The first kappa shape index (κ1) is 13.7. The normalized spacial score (nSPS) is 37.6. The number of ether oxygens (including phenoxy) is 5. The molecular weight excluding hydrogens is 240 g/mol. The van der Waals surface area contributed by atoms with Crippen LogP contribution >= 0.6 is 0 Å². The van der Waals surface area contributed by atoms with Crippen LogP contribution in [0.3, 0.4) is 0 Å². The number of methoxy groups -OCH3 is 2. The Morgan fingerprint density at radius 1 is 1.17 bits per heavy atom. The van der Waals surface area contributed by atoms with E-state index < -0.39 is 5.79 Å². The molecule has 0 aromatic carbocycles. The minimum absolute atomic E-state index is 0.164. The molecule has 4 atom stereocenters. The quantitative estimate of drug-likeness (QED) is 0.685. The van der Waals surface area contributed by atoms with Gasteiger partial charge in [-0.05, 0) is 13.8 Å². The van der Waals surface area contributed by atoms with Crippen LogP contribution in [0.4, 0.5) is 0 Å². The summed E-state index contributed by atoms with van der Waals surface area (Å²) in [6.45, 7) is 4.12. The van der Waals surface area contributed by atoms with Gasteiger partial charge in [0.1, 0.15) is 18.3 Å². The third-order valence-electron chi connectivity index (χ3n) is 3.17. The summed E-state index contributed by atoms with van der Waals surface area (Å²) in [5.74, 6) is -0.968. The summed E-state index contributed by atoms with van der Waals surface area (Å²) in [7, 11) is 2.96. The number of carbonyl (C=O) groups excluding carboxylic acids is 1. The molecule has 2 fully saturated rings. The van der Waals surface area contributed by atoms with Gasteiger partial charge >= 0.3 is 5.97 Å². The lowest BCUT2D eigenvalue weighted by atomic mass is 10.1. The molecule has 0 spiro atoms. The fourth-order valence-corrected chi connectivity index (χ4v) is 2.48. The molecule has 1 unspecified atom stereocenters. The van der Waals surface area contributed by atoms with E-state index in [1.54, 1.807) is 7.11 Å². The maximum Gasteiger partial charge on any atom is 0.308 e. The standard InChI is InChI=1S/C12H20O6/c1-12(2)17-10-7(5-9(13)15-4)16-8(6-14-3)11(10)18-12/h7-8,10-11H,5-6H2,1-4H3/t7-,8+,10?,11+/m0/s1. The van der Waals surface area contributed by atoms with E-state index in [4.69, 9.17) is 18.9 Å². The zero-order valence-electron chi connectivity index (χ0n) is 11.2. The van der Waals surface area contributed by atoms with E-state index in [1.165, 1.54) is 7.11 Å². The molecule has 2 aliphatic heterocycles. The molecule has 2 aliphatic rings. The maximum atomic E-state index is 11.4. The predicted molar refractivity (Wildman–Crippen MR) is 61.0 cm³/mol. The lowest BCUT2D eigenvalue weighted by Gasteiger charge is -2.23. The monoisotopic (exact) mass is 260 g/mol. The average Bonchev–Trinajstić information content (AvgIpc) is 2.76. The number of esters is 1. The van der Waals surface area contributed by atoms with Crippen molar-refractivity contribution in [1.29, 1.82) is 0 Å². The van der Waals surface area contributed by atoms with Gasteiger partial charge < -0.3 is 23.7 Å².